The highest BCUT2D eigenvalue weighted by Crippen LogP contribution is 2.21. The van der Waals surface area contributed by atoms with Crippen LogP contribution in [0.15, 0.2) is 12.1 Å². The van der Waals surface area contributed by atoms with E-state index in [-0.39, 0.29) is 11.3 Å². The summed E-state index contributed by atoms with van der Waals surface area (Å²) < 4.78 is 18.3. The second kappa shape index (κ2) is 4.12. The summed E-state index contributed by atoms with van der Waals surface area (Å²) in [4.78, 5) is 11.7. The van der Waals surface area contributed by atoms with Gasteiger partial charge in [-0.25, -0.2) is 9.18 Å². The summed E-state index contributed by atoms with van der Waals surface area (Å²) in [6.07, 6.45) is 0. The second-order valence-corrected chi connectivity index (χ2v) is 4.69. The molecular formula is C12H16FNO2. The topological polar surface area (TPSA) is 52.3 Å². The molecule has 0 spiro atoms. The van der Waals surface area contributed by atoms with E-state index in [0.29, 0.717) is 5.56 Å². The Labute approximate surface area is 94.4 Å². The van der Waals surface area contributed by atoms with Crippen LogP contribution in [-0.2, 0) is 4.74 Å². The van der Waals surface area contributed by atoms with Crippen LogP contribution in [0.2, 0.25) is 0 Å². The number of hydrogen-bond acceptors (Lipinski definition) is 3. The predicted octanol–water partition coefficient (Wildman–Crippen LogP) is 2.67. The summed E-state index contributed by atoms with van der Waals surface area (Å²) in [7, 11) is 0. The van der Waals surface area contributed by atoms with Gasteiger partial charge in [0, 0.05) is 5.69 Å². The molecule has 0 unspecified atom stereocenters. The van der Waals surface area contributed by atoms with Crippen molar-refractivity contribution in [3.8, 4) is 0 Å². The summed E-state index contributed by atoms with van der Waals surface area (Å²) in [5.74, 6) is -1.10. The third kappa shape index (κ3) is 2.95. The minimum absolute atomic E-state index is 0.0763. The van der Waals surface area contributed by atoms with Crippen LogP contribution in [0.1, 0.15) is 36.7 Å². The molecule has 0 aliphatic rings. The Balaban J connectivity index is 3.09. The van der Waals surface area contributed by atoms with Crippen LogP contribution in [0.5, 0.6) is 0 Å². The molecular weight excluding hydrogens is 209 g/mol. The minimum atomic E-state index is -0.621. The molecule has 3 nitrogen and oxygen atoms in total. The zero-order valence-electron chi connectivity index (χ0n) is 9.93. The molecule has 0 amide bonds. The van der Waals surface area contributed by atoms with Crippen LogP contribution in [0.25, 0.3) is 0 Å². The summed E-state index contributed by atoms with van der Waals surface area (Å²) >= 11 is 0. The number of hydrogen-bond donors (Lipinski definition) is 1. The molecule has 1 aromatic rings. The van der Waals surface area contributed by atoms with Crippen molar-refractivity contribution in [2.75, 3.05) is 5.73 Å². The second-order valence-electron chi connectivity index (χ2n) is 4.69. The van der Waals surface area contributed by atoms with Crippen LogP contribution in [-0.4, -0.2) is 11.6 Å². The maximum Gasteiger partial charge on any atom is 0.340 e. The maximum atomic E-state index is 13.1. The first-order valence-corrected chi connectivity index (χ1v) is 4.99. The lowest BCUT2D eigenvalue weighted by molar-refractivity contribution is 0.00702. The molecule has 0 atom stereocenters. The first-order chi connectivity index (χ1) is 7.20. The average molecular weight is 225 g/mol. The SMILES string of the molecule is Cc1cc(F)cc(C(=O)OC(C)(C)C)c1N. The molecule has 0 heterocycles. The fourth-order valence-electron chi connectivity index (χ4n) is 1.26. The number of halogens is 1. The number of nitrogen functional groups attached to an aromatic ring is 1. The Hall–Kier alpha value is -1.58. The van der Waals surface area contributed by atoms with Gasteiger partial charge >= 0.3 is 5.97 Å². The summed E-state index contributed by atoms with van der Waals surface area (Å²) in [5.41, 5.74) is 5.95. The smallest absolute Gasteiger partial charge is 0.340 e. The number of ether oxygens (including phenoxy) is 1. The summed E-state index contributed by atoms with van der Waals surface area (Å²) in [6.45, 7) is 6.88. The highest BCUT2D eigenvalue weighted by atomic mass is 19.1. The van der Waals surface area contributed by atoms with Crippen molar-refractivity contribution in [3.05, 3.63) is 29.1 Å². The molecule has 1 aromatic carbocycles. The lowest BCUT2D eigenvalue weighted by atomic mass is 10.1. The van der Waals surface area contributed by atoms with Gasteiger partial charge in [-0.05, 0) is 45.4 Å². The van der Waals surface area contributed by atoms with Crippen molar-refractivity contribution in [2.45, 2.75) is 33.3 Å². The Morgan fingerprint density at radius 1 is 1.38 bits per heavy atom. The first-order valence-electron chi connectivity index (χ1n) is 4.99. The van der Waals surface area contributed by atoms with Gasteiger partial charge in [-0.2, -0.15) is 0 Å². The minimum Gasteiger partial charge on any atom is -0.456 e. The fraction of sp³-hybridized carbons (Fsp3) is 0.417. The predicted molar refractivity (Wildman–Crippen MR) is 60.7 cm³/mol. The third-order valence-corrected chi connectivity index (χ3v) is 1.97. The zero-order chi connectivity index (χ0) is 12.5. The van der Waals surface area contributed by atoms with E-state index in [1.807, 2.05) is 0 Å². The molecule has 2 N–H and O–H groups in total. The van der Waals surface area contributed by atoms with Gasteiger partial charge in [0.25, 0.3) is 0 Å². The average Bonchev–Trinajstić information content (AvgIpc) is 2.08. The first kappa shape index (κ1) is 12.5. The van der Waals surface area contributed by atoms with Gasteiger partial charge in [0.05, 0.1) is 5.56 Å². The molecule has 16 heavy (non-hydrogen) atoms. The molecule has 1 rings (SSSR count). The molecule has 0 radical (unpaired) electrons. The van der Waals surface area contributed by atoms with Gasteiger partial charge in [0.1, 0.15) is 11.4 Å². The number of esters is 1. The van der Waals surface area contributed by atoms with Crippen LogP contribution >= 0.6 is 0 Å². The van der Waals surface area contributed by atoms with E-state index in [1.54, 1.807) is 27.7 Å². The molecule has 88 valence electrons. The Morgan fingerprint density at radius 3 is 2.44 bits per heavy atom. The van der Waals surface area contributed by atoms with Crippen molar-refractivity contribution in [1.29, 1.82) is 0 Å². The Morgan fingerprint density at radius 2 is 1.94 bits per heavy atom. The molecule has 0 aliphatic carbocycles. The number of benzene rings is 1. The molecule has 0 saturated carbocycles. The number of anilines is 1. The highest BCUT2D eigenvalue weighted by Gasteiger charge is 2.21. The van der Waals surface area contributed by atoms with Gasteiger partial charge in [-0.1, -0.05) is 0 Å². The van der Waals surface area contributed by atoms with Crippen molar-refractivity contribution in [1.82, 2.24) is 0 Å². The summed E-state index contributed by atoms with van der Waals surface area (Å²) in [5, 5.41) is 0. The van der Waals surface area contributed by atoms with E-state index in [4.69, 9.17) is 10.5 Å². The van der Waals surface area contributed by atoms with Gasteiger partial charge in [-0.3, -0.25) is 0 Å². The number of carbonyl (C=O) groups excluding carboxylic acids is 1. The van der Waals surface area contributed by atoms with E-state index >= 15 is 0 Å². The van der Waals surface area contributed by atoms with E-state index in [0.717, 1.165) is 6.07 Å². The standard InChI is InChI=1S/C12H16FNO2/c1-7-5-8(13)6-9(10(7)14)11(15)16-12(2,3)4/h5-6H,14H2,1-4H3. The van der Waals surface area contributed by atoms with Crippen molar-refractivity contribution >= 4 is 11.7 Å². The molecule has 0 saturated heterocycles. The van der Waals surface area contributed by atoms with E-state index in [2.05, 4.69) is 0 Å². The molecule has 0 fully saturated rings. The quantitative estimate of drug-likeness (QED) is 0.590. The number of carbonyl (C=O) groups is 1. The third-order valence-electron chi connectivity index (χ3n) is 1.97. The fourth-order valence-corrected chi connectivity index (χ4v) is 1.26. The molecule has 4 heteroatoms. The molecule has 0 aromatic heterocycles. The number of aryl methyl sites for hydroxylation is 1. The van der Waals surface area contributed by atoms with Crippen molar-refractivity contribution in [2.24, 2.45) is 0 Å². The van der Waals surface area contributed by atoms with Crippen LogP contribution in [0.3, 0.4) is 0 Å². The van der Waals surface area contributed by atoms with E-state index in [1.165, 1.54) is 6.07 Å². The maximum absolute atomic E-state index is 13.1. The van der Waals surface area contributed by atoms with Gasteiger partial charge in [0.15, 0.2) is 0 Å². The highest BCUT2D eigenvalue weighted by molar-refractivity contribution is 5.96. The van der Waals surface area contributed by atoms with Crippen LogP contribution in [0, 0.1) is 12.7 Å². The Kier molecular flexibility index (Phi) is 3.21. The van der Waals surface area contributed by atoms with Gasteiger partial charge in [-0.15, -0.1) is 0 Å². The van der Waals surface area contributed by atoms with E-state index < -0.39 is 17.4 Å². The summed E-state index contributed by atoms with van der Waals surface area (Å²) in [6, 6.07) is 2.37. The van der Waals surface area contributed by atoms with E-state index in [9.17, 15) is 9.18 Å². The van der Waals surface area contributed by atoms with Crippen LogP contribution in [0.4, 0.5) is 10.1 Å². The normalized spacial score (nSPS) is 11.3. The van der Waals surface area contributed by atoms with Crippen molar-refractivity contribution in [3.63, 3.8) is 0 Å². The van der Waals surface area contributed by atoms with Crippen LogP contribution < -0.4 is 5.73 Å². The van der Waals surface area contributed by atoms with Crippen molar-refractivity contribution < 1.29 is 13.9 Å². The van der Waals surface area contributed by atoms with Gasteiger partial charge < -0.3 is 10.5 Å². The Bertz CT molecular complexity index is 422. The zero-order valence-corrected chi connectivity index (χ0v) is 9.93. The number of rotatable bonds is 1. The van der Waals surface area contributed by atoms with Gasteiger partial charge in [0.2, 0.25) is 0 Å². The lowest BCUT2D eigenvalue weighted by Crippen LogP contribution is -2.24. The lowest BCUT2D eigenvalue weighted by Gasteiger charge is -2.20. The monoisotopic (exact) mass is 225 g/mol. The molecule has 0 bridgehead atoms. The largest absolute Gasteiger partial charge is 0.456 e. The molecule has 0 aliphatic heterocycles. The number of nitrogens with two attached hydrogens (primary N) is 1.